The molecular weight excluding hydrogens is 341 g/mol. The molecule has 0 radical (unpaired) electrons. The van der Waals surface area contributed by atoms with Crippen LogP contribution in [0.2, 0.25) is 0 Å². The maximum Gasteiger partial charge on any atom is 0.276 e. The summed E-state index contributed by atoms with van der Waals surface area (Å²) in [5.74, 6) is -0.184. The summed E-state index contributed by atoms with van der Waals surface area (Å²) < 4.78 is 26.6. The fraction of sp³-hybridized carbons (Fsp3) is 0.235. The molecular formula is C17H18FN5O3. The molecule has 0 saturated heterocycles. The number of ether oxygens (including phenoxy) is 2. The van der Waals surface area contributed by atoms with E-state index < -0.39 is 0 Å². The number of carbonyl (C=O) groups is 1. The molecule has 0 fully saturated rings. The van der Waals surface area contributed by atoms with E-state index in [-0.39, 0.29) is 24.1 Å². The molecule has 0 aliphatic carbocycles. The van der Waals surface area contributed by atoms with E-state index >= 15 is 0 Å². The van der Waals surface area contributed by atoms with Gasteiger partial charge in [-0.25, -0.2) is 13.8 Å². The lowest BCUT2D eigenvalue weighted by Gasteiger charge is -2.05. The first-order valence-corrected chi connectivity index (χ1v) is 7.97. The summed E-state index contributed by atoms with van der Waals surface area (Å²) in [5.41, 5.74) is 0.789. The lowest BCUT2D eigenvalue weighted by molar-refractivity contribution is 0.0792. The van der Waals surface area contributed by atoms with Gasteiger partial charge >= 0.3 is 0 Å². The van der Waals surface area contributed by atoms with Crippen molar-refractivity contribution in [3.8, 4) is 5.75 Å². The van der Waals surface area contributed by atoms with Gasteiger partial charge in [-0.3, -0.25) is 4.79 Å². The lowest BCUT2D eigenvalue weighted by Crippen LogP contribution is -2.14. The second-order valence-corrected chi connectivity index (χ2v) is 5.31. The zero-order valence-electron chi connectivity index (χ0n) is 14.1. The zero-order chi connectivity index (χ0) is 18.4. The summed E-state index contributed by atoms with van der Waals surface area (Å²) in [6.07, 6.45) is 4.82. The second kappa shape index (κ2) is 8.26. The monoisotopic (exact) mass is 359 g/mol. The third-order valence-corrected chi connectivity index (χ3v) is 3.37. The van der Waals surface area contributed by atoms with E-state index in [1.807, 2.05) is 6.92 Å². The van der Waals surface area contributed by atoms with Crippen LogP contribution in [0, 0.1) is 5.82 Å². The lowest BCUT2D eigenvalue weighted by atomic mass is 10.3. The Morgan fingerprint density at radius 2 is 2.00 bits per heavy atom. The number of halogens is 1. The Bertz CT molecular complexity index is 859. The quantitative estimate of drug-likeness (QED) is 0.668. The van der Waals surface area contributed by atoms with Gasteiger partial charge in [0.25, 0.3) is 5.91 Å². The number of anilines is 1. The Labute approximate surface area is 149 Å². The van der Waals surface area contributed by atoms with Crippen LogP contribution in [0.5, 0.6) is 5.75 Å². The minimum Gasteiger partial charge on any atom is -0.471 e. The van der Waals surface area contributed by atoms with Gasteiger partial charge in [-0.1, -0.05) is 0 Å². The fourth-order valence-electron chi connectivity index (χ4n) is 2.10. The van der Waals surface area contributed by atoms with E-state index in [0.29, 0.717) is 24.8 Å². The van der Waals surface area contributed by atoms with E-state index in [1.54, 1.807) is 23.1 Å². The maximum atomic E-state index is 12.9. The molecule has 1 aromatic carbocycles. The van der Waals surface area contributed by atoms with Crippen LogP contribution in [0.1, 0.15) is 17.4 Å². The minimum atomic E-state index is -0.360. The van der Waals surface area contributed by atoms with Crippen molar-refractivity contribution in [2.24, 2.45) is 0 Å². The van der Waals surface area contributed by atoms with Crippen molar-refractivity contribution in [3.63, 3.8) is 0 Å². The van der Waals surface area contributed by atoms with Crippen molar-refractivity contribution < 1.29 is 18.7 Å². The molecule has 0 bridgehead atoms. The molecule has 1 N–H and O–H groups in total. The van der Waals surface area contributed by atoms with Gasteiger partial charge in [0.15, 0.2) is 12.4 Å². The maximum absolute atomic E-state index is 12.9. The van der Waals surface area contributed by atoms with Crippen LogP contribution in [0.4, 0.5) is 10.1 Å². The molecule has 0 aliphatic heterocycles. The summed E-state index contributed by atoms with van der Waals surface area (Å²) in [6, 6.07) is 7.23. The van der Waals surface area contributed by atoms with Crippen molar-refractivity contribution in [3.05, 3.63) is 60.4 Å². The average molecular weight is 359 g/mol. The Morgan fingerprint density at radius 1 is 1.19 bits per heavy atom. The molecule has 0 aliphatic rings. The van der Waals surface area contributed by atoms with Crippen LogP contribution in [0.25, 0.3) is 0 Å². The Hall–Kier alpha value is -3.20. The largest absolute Gasteiger partial charge is 0.471 e. The number of amides is 1. The van der Waals surface area contributed by atoms with Crippen LogP contribution >= 0.6 is 0 Å². The number of nitrogens with zero attached hydrogens (tertiary/aromatic N) is 4. The molecule has 136 valence electrons. The zero-order valence-corrected chi connectivity index (χ0v) is 14.1. The van der Waals surface area contributed by atoms with Gasteiger partial charge in [-0.15, -0.1) is 0 Å². The van der Waals surface area contributed by atoms with Crippen molar-refractivity contribution in [2.75, 3.05) is 11.9 Å². The van der Waals surface area contributed by atoms with Gasteiger partial charge < -0.3 is 14.8 Å². The van der Waals surface area contributed by atoms with Crippen molar-refractivity contribution in [1.29, 1.82) is 0 Å². The number of nitrogens with one attached hydrogen (secondary N) is 1. The molecule has 1 amide bonds. The standard InChI is InChI=1S/C17H18FN5O3/c1-2-25-11-23-10-14(9-19-23)20-17(24)16-7-8-22(21-16)12-26-15-5-3-13(18)4-6-15/h3-10H,2,11-12H2,1H3,(H,20,24). The van der Waals surface area contributed by atoms with E-state index in [0.717, 1.165) is 0 Å². The van der Waals surface area contributed by atoms with Gasteiger partial charge in [-0.05, 0) is 37.3 Å². The predicted molar refractivity (Wildman–Crippen MR) is 91.1 cm³/mol. The first kappa shape index (κ1) is 17.6. The third kappa shape index (κ3) is 4.67. The van der Waals surface area contributed by atoms with Crippen LogP contribution in [0.15, 0.2) is 48.9 Å². The predicted octanol–water partition coefficient (Wildman–Crippen LogP) is 2.50. The van der Waals surface area contributed by atoms with Gasteiger partial charge in [0.2, 0.25) is 0 Å². The Balaban J connectivity index is 1.54. The van der Waals surface area contributed by atoms with Crippen molar-refractivity contribution in [1.82, 2.24) is 19.6 Å². The van der Waals surface area contributed by atoms with Crippen molar-refractivity contribution >= 4 is 11.6 Å². The summed E-state index contributed by atoms with van der Waals surface area (Å²) in [5, 5.41) is 10.9. The van der Waals surface area contributed by atoms with Gasteiger partial charge in [0, 0.05) is 12.8 Å². The van der Waals surface area contributed by atoms with Crippen LogP contribution in [0.3, 0.4) is 0 Å². The van der Waals surface area contributed by atoms with Crippen molar-refractivity contribution in [2.45, 2.75) is 20.4 Å². The average Bonchev–Trinajstić information content (AvgIpc) is 3.29. The van der Waals surface area contributed by atoms with Crippen LogP contribution < -0.4 is 10.1 Å². The molecule has 0 atom stereocenters. The topological polar surface area (TPSA) is 83.2 Å². The van der Waals surface area contributed by atoms with E-state index in [1.165, 1.54) is 35.1 Å². The highest BCUT2D eigenvalue weighted by molar-refractivity contribution is 6.02. The summed E-state index contributed by atoms with van der Waals surface area (Å²) >= 11 is 0. The molecule has 9 heteroatoms. The normalized spacial score (nSPS) is 10.7. The van der Waals surface area contributed by atoms with Crippen LogP contribution in [-0.2, 0) is 18.2 Å². The summed E-state index contributed by atoms with van der Waals surface area (Å²) in [6.45, 7) is 2.90. The molecule has 3 aromatic rings. The highest BCUT2D eigenvalue weighted by Gasteiger charge is 2.11. The van der Waals surface area contributed by atoms with E-state index in [9.17, 15) is 9.18 Å². The van der Waals surface area contributed by atoms with E-state index in [4.69, 9.17) is 9.47 Å². The number of benzene rings is 1. The molecule has 2 heterocycles. The first-order chi connectivity index (χ1) is 12.6. The highest BCUT2D eigenvalue weighted by atomic mass is 19.1. The van der Waals surface area contributed by atoms with Gasteiger partial charge in [0.05, 0.1) is 18.1 Å². The summed E-state index contributed by atoms with van der Waals surface area (Å²) in [4.78, 5) is 12.2. The molecule has 0 unspecified atom stereocenters. The molecule has 3 rings (SSSR count). The number of hydrogen-bond acceptors (Lipinski definition) is 5. The number of rotatable bonds is 8. The Morgan fingerprint density at radius 3 is 2.77 bits per heavy atom. The number of carbonyl (C=O) groups excluding carboxylic acids is 1. The van der Waals surface area contributed by atoms with E-state index in [2.05, 4.69) is 15.5 Å². The van der Waals surface area contributed by atoms with Crippen LogP contribution in [-0.4, -0.2) is 32.1 Å². The molecule has 0 saturated carbocycles. The summed E-state index contributed by atoms with van der Waals surface area (Å²) in [7, 11) is 0. The SMILES string of the molecule is CCOCn1cc(NC(=O)c2ccn(COc3ccc(F)cc3)n2)cn1. The smallest absolute Gasteiger partial charge is 0.276 e. The molecule has 0 spiro atoms. The molecule has 8 nitrogen and oxygen atoms in total. The third-order valence-electron chi connectivity index (χ3n) is 3.37. The van der Waals surface area contributed by atoms with Gasteiger partial charge in [-0.2, -0.15) is 10.2 Å². The second-order valence-electron chi connectivity index (χ2n) is 5.31. The number of aromatic nitrogens is 4. The molecule has 2 aromatic heterocycles. The first-order valence-electron chi connectivity index (χ1n) is 7.97. The fourth-order valence-corrected chi connectivity index (χ4v) is 2.10. The number of hydrogen-bond donors (Lipinski definition) is 1. The molecule has 26 heavy (non-hydrogen) atoms. The highest BCUT2D eigenvalue weighted by Crippen LogP contribution is 2.12. The van der Waals surface area contributed by atoms with Gasteiger partial charge in [0.1, 0.15) is 18.3 Å². The minimum absolute atomic E-state index is 0.102. The Kier molecular flexibility index (Phi) is 5.59.